The third kappa shape index (κ3) is 6.57. The zero-order chi connectivity index (χ0) is 28.7. The maximum Gasteiger partial charge on any atom is 0.315 e. The van der Waals surface area contributed by atoms with Crippen molar-refractivity contribution < 1.29 is 24.0 Å². The third-order valence-corrected chi connectivity index (χ3v) is 9.27. The average Bonchev–Trinajstić information content (AvgIpc) is 3.72. The number of urea groups is 1. The van der Waals surface area contributed by atoms with Crippen LogP contribution in [0.15, 0.2) is 0 Å². The Bertz CT molecular complexity index is 995. The van der Waals surface area contributed by atoms with E-state index >= 15 is 0 Å². The number of nitrogens with zero attached hydrogens (tertiary/aromatic N) is 1. The van der Waals surface area contributed by atoms with Crippen LogP contribution in [0.25, 0.3) is 0 Å². The van der Waals surface area contributed by atoms with Gasteiger partial charge in [-0.1, -0.05) is 46.0 Å². The molecule has 39 heavy (non-hydrogen) atoms. The number of likely N-dealkylation sites (N-methyl/N-ethyl adjacent to an activating group) is 1. The van der Waals surface area contributed by atoms with Gasteiger partial charge in [-0.2, -0.15) is 0 Å². The number of nitrogens with one attached hydrogen (secondary N) is 4. The topological polar surface area (TPSA) is 137 Å². The lowest BCUT2D eigenvalue weighted by atomic mass is 9.83. The molecule has 10 nitrogen and oxygen atoms in total. The Morgan fingerprint density at radius 1 is 0.949 bits per heavy atom. The summed E-state index contributed by atoms with van der Waals surface area (Å²) in [6, 6.07) is -2.76. The molecule has 0 aromatic rings. The molecule has 10 heteroatoms. The molecule has 4 fully saturated rings. The first kappa shape index (κ1) is 29.3. The summed E-state index contributed by atoms with van der Waals surface area (Å²) in [6.07, 6.45) is 7.19. The summed E-state index contributed by atoms with van der Waals surface area (Å²) in [4.78, 5) is 67.5. The summed E-state index contributed by atoms with van der Waals surface area (Å²) in [6.45, 7) is 10.3. The van der Waals surface area contributed by atoms with E-state index in [0.29, 0.717) is 18.9 Å². The second-order valence-corrected chi connectivity index (χ2v) is 13.8. The molecule has 1 saturated heterocycles. The fraction of sp³-hybridized carbons (Fsp3) is 0.828. The highest BCUT2D eigenvalue weighted by Crippen LogP contribution is 2.65. The molecule has 3 saturated carbocycles. The summed E-state index contributed by atoms with van der Waals surface area (Å²) in [5.41, 5.74) is -0.563. The number of piperidine rings is 1. The van der Waals surface area contributed by atoms with Gasteiger partial charge in [-0.3, -0.25) is 19.2 Å². The standard InChI is InChI=1S/C29H47N5O5/c1-28(2,3)33-27(39)32-21(17-10-8-7-9-11-17)26(38)34-15-18-20(29(18,4)5)22(34)24(36)31-19(14-16-12-13-16)23(35)25(37)30-6/h16-22H,7-15H2,1-6H3,(H,30,37)(H,31,36)(H2,32,33,39)/t18?,19?,20-,21-,22-/m0/s1. The summed E-state index contributed by atoms with van der Waals surface area (Å²) in [5, 5.41) is 11.1. The van der Waals surface area contributed by atoms with Gasteiger partial charge in [0.05, 0.1) is 6.04 Å². The van der Waals surface area contributed by atoms with Crippen molar-refractivity contribution in [3.63, 3.8) is 0 Å². The van der Waals surface area contributed by atoms with Crippen molar-refractivity contribution >= 4 is 29.5 Å². The van der Waals surface area contributed by atoms with Crippen LogP contribution in [-0.2, 0) is 19.2 Å². The number of Topliss-reactive ketones (excluding diaryl/α,β-unsaturated/α-hetero) is 1. The van der Waals surface area contributed by atoms with E-state index in [4.69, 9.17) is 0 Å². The quantitative estimate of drug-likeness (QED) is 0.329. The van der Waals surface area contributed by atoms with E-state index in [1.165, 1.54) is 7.05 Å². The molecule has 4 aliphatic rings. The zero-order valence-corrected chi connectivity index (χ0v) is 24.4. The largest absolute Gasteiger partial charge is 0.353 e. The Morgan fingerprint density at radius 2 is 1.59 bits per heavy atom. The van der Waals surface area contributed by atoms with Crippen LogP contribution in [0.1, 0.15) is 86.0 Å². The fourth-order valence-corrected chi connectivity index (χ4v) is 6.82. The van der Waals surface area contributed by atoms with Crippen molar-refractivity contribution in [2.75, 3.05) is 13.6 Å². The molecule has 0 aromatic carbocycles. The number of ketones is 1. The summed E-state index contributed by atoms with van der Waals surface area (Å²) >= 11 is 0. The van der Waals surface area contributed by atoms with Crippen LogP contribution in [0.2, 0.25) is 0 Å². The maximum absolute atomic E-state index is 14.2. The number of carbonyl (C=O) groups excluding carboxylic acids is 5. The Morgan fingerprint density at radius 3 is 2.15 bits per heavy atom. The summed E-state index contributed by atoms with van der Waals surface area (Å²) < 4.78 is 0. The van der Waals surface area contributed by atoms with Crippen molar-refractivity contribution in [2.45, 2.75) is 110 Å². The van der Waals surface area contributed by atoms with Gasteiger partial charge in [-0.15, -0.1) is 0 Å². The maximum atomic E-state index is 14.2. The van der Waals surface area contributed by atoms with Crippen LogP contribution in [-0.4, -0.2) is 71.7 Å². The van der Waals surface area contributed by atoms with Crippen molar-refractivity contribution in [2.24, 2.45) is 29.1 Å². The molecular formula is C29H47N5O5. The van der Waals surface area contributed by atoms with E-state index < -0.39 is 41.4 Å². The molecule has 0 bridgehead atoms. The van der Waals surface area contributed by atoms with Crippen molar-refractivity contribution in [3.05, 3.63) is 0 Å². The molecule has 2 unspecified atom stereocenters. The van der Waals surface area contributed by atoms with Crippen LogP contribution < -0.4 is 21.3 Å². The van der Waals surface area contributed by atoms with Gasteiger partial charge in [0.25, 0.3) is 5.91 Å². The lowest BCUT2D eigenvalue weighted by molar-refractivity contribution is -0.144. The molecule has 4 rings (SSSR count). The molecular weight excluding hydrogens is 498 g/mol. The minimum absolute atomic E-state index is 0.00283. The van der Waals surface area contributed by atoms with Gasteiger partial charge in [-0.05, 0) is 69.1 Å². The summed E-state index contributed by atoms with van der Waals surface area (Å²) in [7, 11) is 1.40. The zero-order valence-electron chi connectivity index (χ0n) is 24.4. The van der Waals surface area contributed by atoms with Gasteiger partial charge >= 0.3 is 6.03 Å². The van der Waals surface area contributed by atoms with E-state index in [2.05, 4.69) is 35.1 Å². The van der Waals surface area contributed by atoms with Gasteiger partial charge in [0.2, 0.25) is 17.6 Å². The first-order valence-electron chi connectivity index (χ1n) is 14.7. The number of amides is 5. The molecule has 3 aliphatic carbocycles. The molecule has 1 heterocycles. The second kappa shape index (κ2) is 11.1. The van der Waals surface area contributed by atoms with Crippen LogP contribution in [0, 0.1) is 29.1 Å². The minimum Gasteiger partial charge on any atom is -0.353 e. The Hall–Kier alpha value is -2.65. The second-order valence-electron chi connectivity index (χ2n) is 13.8. The van der Waals surface area contributed by atoms with E-state index in [0.717, 1.165) is 44.9 Å². The monoisotopic (exact) mass is 545 g/mol. The number of carbonyl (C=O) groups is 5. The van der Waals surface area contributed by atoms with E-state index in [-0.39, 0.29) is 35.0 Å². The van der Waals surface area contributed by atoms with E-state index in [9.17, 15) is 24.0 Å². The lowest BCUT2D eigenvalue weighted by Gasteiger charge is -2.37. The molecule has 218 valence electrons. The minimum atomic E-state index is -0.910. The number of rotatable bonds is 9. The molecule has 4 N–H and O–H groups in total. The van der Waals surface area contributed by atoms with Crippen molar-refractivity contribution in [3.8, 4) is 0 Å². The normalized spacial score (nSPS) is 27.5. The Labute approximate surface area is 232 Å². The number of fused-ring (bicyclic) bond motifs is 1. The highest BCUT2D eigenvalue weighted by atomic mass is 16.2. The Kier molecular flexibility index (Phi) is 8.34. The number of hydrogen-bond acceptors (Lipinski definition) is 5. The third-order valence-electron chi connectivity index (χ3n) is 9.27. The van der Waals surface area contributed by atoms with E-state index in [1.54, 1.807) is 4.90 Å². The average molecular weight is 546 g/mol. The van der Waals surface area contributed by atoms with Crippen LogP contribution >= 0.6 is 0 Å². The van der Waals surface area contributed by atoms with Crippen LogP contribution in [0.5, 0.6) is 0 Å². The molecule has 0 spiro atoms. The van der Waals surface area contributed by atoms with Gasteiger partial charge in [-0.25, -0.2) is 4.79 Å². The first-order valence-corrected chi connectivity index (χ1v) is 14.7. The van der Waals surface area contributed by atoms with Gasteiger partial charge in [0.1, 0.15) is 12.1 Å². The molecule has 0 aromatic heterocycles. The molecule has 5 amide bonds. The molecule has 5 atom stereocenters. The molecule has 1 aliphatic heterocycles. The van der Waals surface area contributed by atoms with Crippen LogP contribution in [0.4, 0.5) is 4.79 Å². The fourth-order valence-electron chi connectivity index (χ4n) is 6.82. The Balaban J connectivity index is 1.55. The van der Waals surface area contributed by atoms with Gasteiger partial charge in [0, 0.05) is 19.1 Å². The summed E-state index contributed by atoms with van der Waals surface area (Å²) in [5.74, 6) is -1.54. The first-order chi connectivity index (χ1) is 18.2. The predicted octanol–water partition coefficient (Wildman–Crippen LogP) is 2.12. The highest BCUT2D eigenvalue weighted by molar-refractivity contribution is 6.38. The van der Waals surface area contributed by atoms with Crippen molar-refractivity contribution in [1.82, 2.24) is 26.2 Å². The highest BCUT2D eigenvalue weighted by Gasteiger charge is 2.69. The number of hydrogen-bond donors (Lipinski definition) is 4. The SMILES string of the molecule is CNC(=O)C(=O)C(CC1CC1)NC(=O)[C@@H]1[C@@H]2C(CN1C(=O)[C@@H](NC(=O)NC(C)(C)C)C1CCCCC1)C2(C)C. The van der Waals surface area contributed by atoms with Gasteiger partial charge < -0.3 is 26.2 Å². The smallest absolute Gasteiger partial charge is 0.315 e. The lowest BCUT2D eigenvalue weighted by Crippen LogP contribution is -2.61. The van der Waals surface area contributed by atoms with E-state index in [1.807, 2.05) is 20.8 Å². The predicted molar refractivity (Wildman–Crippen MR) is 146 cm³/mol. The van der Waals surface area contributed by atoms with Gasteiger partial charge in [0.15, 0.2) is 0 Å². The number of likely N-dealkylation sites (tertiary alicyclic amines) is 1. The van der Waals surface area contributed by atoms with Crippen LogP contribution in [0.3, 0.4) is 0 Å². The van der Waals surface area contributed by atoms with Crippen molar-refractivity contribution in [1.29, 1.82) is 0 Å². The molecule has 0 radical (unpaired) electrons.